The fourth-order valence-corrected chi connectivity index (χ4v) is 4.20. The topological polar surface area (TPSA) is 12.0 Å². The van der Waals surface area contributed by atoms with Crippen LogP contribution in [0.1, 0.15) is 36.9 Å². The molecule has 4 heteroatoms. The summed E-state index contributed by atoms with van der Waals surface area (Å²) in [6.07, 6.45) is 2.35. The maximum absolute atomic E-state index is 6.35. The third kappa shape index (κ3) is 3.40. The Morgan fingerprint density at radius 2 is 2.35 bits per heavy atom. The van der Waals surface area contributed by atoms with Gasteiger partial charge in [0.25, 0.3) is 0 Å². The van der Waals surface area contributed by atoms with Crippen LogP contribution in [0.5, 0.6) is 0 Å². The van der Waals surface area contributed by atoms with Crippen molar-refractivity contribution in [1.29, 1.82) is 0 Å². The quantitative estimate of drug-likeness (QED) is 0.853. The van der Waals surface area contributed by atoms with Crippen LogP contribution in [-0.4, -0.2) is 12.3 Å². The van der Waals surface area contributed by atoms with E-state index in [2.05, 4.69) is 34.2 Å². The van der Waals surface area contributed by atoms with E-state index in [-0.39, 0.29) is 0 Å². The number of halogens is 2. The SMILES string of the molecule is CCCNC1CCSCc2c(Cl)cc(Br)cc21. The predicted molar refractivity (Wildman–Crippen MR) is 81.0 cm³/mol. The lowest BCUT2D eigenvalue weighted by Gasteiger charge is -2.20. The van der Waals surface area contributed by atoms with E-state index in [0.717, 1.165) is 21.8 Å². The second-order valence-corrected chi connectivity index (χ2v) is 6.73. The summed E-state index contributed by atoms with van der Waals surface area (Å²) in [6, 6.07) is 4.68. The minimum absolute atomic E-state index is 0.454. The van der Waals surface area contributed by atoms with E-state index in [1.165, 1.54) is 29.7 Å². The first kappa shape index (κ1) is 13.7. The average Bonchev–Trinajstić information content (AvgIpc) is 2.49. The average molecular weight is 335 g/mol. The lowest BCUT2D eigenvalue weighted by atomic mass is 9.99. The highest BCUT2D eigenvalue weighted by atomic mass is 79.9. The van der Waals surface area contributed by atoms with Crippen molar-refractivity contribution >= 4 is 39.3 Å². The van der Waals surface area contributed by atoms with Crippen molar-refractivity contribution in [1.82, 2.24) is 5.32 Å². The molecule has 1 unspecified atom stereocenters. The Morgan fingerprint density at radius 3 is 3.12 bits per heavy atom. The largest absolute Gasteiger partial charge is 0.310 e. The molecule has 0 spiro atoms. The Hall–Kier alpha value is 0.300. The van der Waals surface area contributed by atoms with Crippen molar-refractivity contribution in [2.24, 2.45) is 0 Å². The van der Waals surface area contributed by atoms with Gasteiger partial charge in [0, 0.05) is 21.3 Å². The van der Waals surface area contributed by atoms with Crippen molar-refractivity contribution in [2.45, 2.75) is 31.6 Å². The standard InChI is InChI=1S/C13H17BrClNS/c1-2-4-16-13-3-5-17-8-11-10(13)6-9(14)7-12(11)15/h6-7,13,16H,2-5,8H2,1H3. The van der Waals surface area contributed by atoms with Crippen LogP contribution in [0.2, 0.25) is 5.02 Å². The molecule has 0 aliphatic carbocycles. The maximum Gasteiger partial charge on any atom is 0.0460 e. The zero-order chi connectivity index (χ0) is 12.3. The second-order valence-electron chi connectivity index (χ2n) is 4.30. The molecule has 1 aromatic carbocycles. The van der Waals surface area contributed by atoms with Gasteiger partial charge in [-0.15, -0.1) is 0 Å². The van der Waals surface area contributed by atoms with Gasteiger partial charge in [-0.3, -0.25) is 0 Å². The third-order valence-electron chi connectivity index (χ3n) is 3.01. The molecular weight excluding hydrogens is 318 g/mol. The molecule has 1 aliphatic heterocycles. The molecule has 94 valence electrons. The van der Waals surface area contributed by atoms with Gasteiger partial charge < -0.3 is 5.32 Å². The molecule has 0 saturated heterocycles. The summed E-state index contributed by atoms with van der Waals surface area (Å²) in [5, 5.41) is 4.52. The van der Waals surface area contributed by atoms with Gasteiger partial charge in [0.15, 0.2) is 0 Å². The first-order chi connectivity index (χ1) is 8.22. The molecule has 0 saturated carbocycles. The maximum atomic E-state index is 6.35. The summed E-state index contributed by atoms with van der Waals surface area (Å²) in [5.41, 5.74) is 2.69. The molecule has 0 amide bonds. The van der Waals surface area contributed by atoms with E-state index in [4.69, 9.17) is 11.6 Å². The van der Waals surface area contributed by atoms with E-state index in [9.17, 15) is 0 Å². The molecule has 1 aliphatic rings. The van der Waals surface area contributed by atoms with Crippen LogP contribution in [0, 0.1) is 0 Å². The number of nitrogens with one attached hydrogen (secondary N) is 1. The van der Waals surface area contributed by atoms with Crippen molar-refractivity contribution in [2.75, 3.05) is 12.3 Å². The number of rotatable bonds is 3. The lowest BCUT2D eigenvalue weighted by molar-refractivity contribution is 0.521. The summed E-state index contributed by atoms with van der Waals surface area (Å²) in [5.74, 6) is 2.23. The minimum Gasteiger partial charge on any atom is -0.310 e. The number of hydrogen-bond acceptors (Lipinski definition) is 2. The van der Waals surface area contributed by atoms with Gasteiger partial charge in [-0.05, 0) is 48.4 Å². The van der Waals surface area contributed by atoms with Crippen LogP contribution in [0.3, 0.4) is 0 Å². The van der Waals surface area contributed by atoms with Gasteiger partial charge in [0.2, 0.25) is 0 Å². The fourth-order valence-electron chi connectivity index (χ4n) is 2.15. The van der Waals surface area contributed by atoms with Crippen LogP contribution in [0.4, 0.5) is 0 Å². The van der Waals surface area contributed by atoms with Gasteiger partial charge in [-0.2, -0.15) is 11.8 Å². The van der Waals surface area contributed by atoms with Crippen molar-refractivity contribution in [3.05, 3.63) is 32.8 Å². The van der Waals surface area contributed by atoms with Crippen molar-refractivity contribution < 1.29 is 0 Å². The Morgan fingerprint density at radius 1 is 1.53 bits per heavy atom. The monoisotopic (exact) mass is 333 g/mol. The van der Waals surface area contributed by atoms with E-state index in [1.54, 1.807) is 0 Å². The molecule has 1 heterocycles. The first-order valence-corrected chi connectivity index (χ1v) is 8.34. The van der Waals surface area contributed by atoms with E-state index >= 15 is 0 Å². The molecule has 0 radical (unpaired) electrons. The van der Waals surface area contributed by atoms with Crippen LogP contribution >= 0.6 is 39.3 Å². The van der Waals surface area contributed by atoms with Gasteiger partial charge in [-0.1, -0.05) is 34.5 Å². The van der Waals surface area contributed by atoms with Crippen molar-refractivity contribution in [3.63, 3.8) is 0 Å². The molecule has 2 rings (SSSR count). The van der Waals surface area contributed by atoms with E-state index < -0.39 is 0 Å². The number of hydrogen-bond donors (Lipinski definition) is 1. The Balaban J connectivity index is 2.33. The zero-order valence-corrected chi connectivity index (χ0v) is 13.1. The molecule has 1 aromatic rings. The second kappa shape index (κ2) is 6.46. The third-order valence-corrected chi connectivity index (χ3v) is 4.82. The van der Waals surface area contributed by atoms with Crippen LogP contribution < -0.4 is 5.32 Å². The summed E-state index contributed by atoms with van der Waals surface area (Å²) in [7, 11) is 0. The Kier molecular flexibility index (Phi) is 5.22. The van der Waals surface area contributed by atoms with Crippen LogP contribution in [0.15, 0.2) is 16.6 Å². The molecule has 1 N–H and O–H groups in total. The molecular formula is C13H17BrClNS. The van der Waals surface area contributed by atoms with Gasteiger partial charge in [0.05, 0.1) is 0 Å². The molecule has 17 heavy (non-hydrogen) atoms. The normalized spacial score (nSPS) is 19.8. The van der Waals surface area contributed by atoms with Crippen LogP contribution in [-0.2, 0) is 5.75 Å². The van der Waals surface area contributed by atoms with Crippen molar-refractivity contribution in [3.8, 4) is 0 Å². The molecule has 0 bridgehead atoms. The Bertz CT molecular complexity index is 397. The molecule has 0 fully saturated rings. The fraction of sp³-hybridized carbons (Fsp3) is 0.538. The highest BCUT2D eigenvalue weighted by molar-refractivity contribution is 9.10. The zero-order valence-electron chi connectivity index (χ0n) is 9.93. The number of thioether (sulfide) groups is 1. The molecule has 1 atom stereocenters. The summed E-state index contributed by atoms with van der Waals surface area (Å²) in [4.78, 5) is 0. The summed E-state index contributed by atoms with van der Waals surface area (Å²) < 4.78 is 1.08. The van der Waals surface area contributed by atoms with Gasteiger partial charge >= 0.3 is 0 Å². The highest BCUT2D eigenvalue weighted by Crippen LogP contribution is 2.36. The smallest absolute Gasteiger partial charge is 0.0460 e. The van der Waals surface area contributed by atoms with E-state index in [0.29, 0.717) is 6.04 Å². The summed E-state index contributed by atoms with van der Waals surface area (Å²) in [6.45, 7) is 3.27. The predicted octanol–water partition coefficient (Wildman–Crippen LogP) is 4.78. The van der Waals surface area contributed by atoms with E-state index in [1.807, 2.05) is 17.8 Å². The van der Waals surface area contributed by atoms with Crippen LogP contribution in [0.25, 0.3) is 0 Å². The Labute approximate surface area is 121 Å². The summed E-state index contributed by atoms with van der Waals surface area (Å²) >= 11 is 11.9. The minimum atomic E-state index is 0.454. The highest BCUT2D eigenvalue weighted by Gasteiger charge is 2.20. The van der Waals surface area contributed by atoms with Gasteiger partial charge in [0.1, 0.15) is 0 Å². The lowest BCUT2D eigenvalue weighted by Crippen LogP contribution is -2.23. The first-order valence-electron chi connectivity index (χ1n) is 6.01. The molecule has 0 aromatic heterocycles. The van der Waals surface area contributed by atoms with Gasteiger partial charge in [-0.25, -0.2) is 0 Å². The molecule has 1 nitrogen and oxygen atoms in total. The number of benzene rings is 1. The number of fused-ring (bicyclic) bond motifs is 1.